The lowest BCUT2D eigenvalue weighted by molar-refractivity contribution is 1.10. The highest BCUT2D eigenvalue weighted by Gasteiger charge is 2.12. The SMILES string of the molecule is c1cc(-c2n[nH]c(-c3cccs3)n2)cc(-c2n[nH]c(-c3cccs3)n2)c1. The van der Waals surface area contributed by atoms with Crippen molar-refractivity contribution in [2.45, 2.75) is 0 Å². The van der Waals surface area contributed by atoms with Gasteiger partial charge < -0.3 is 0 Å². The van der Waals surface area contributed by atoms with E-state index >= 15 is 0 Å². The molecule has 0 aliphatic carbocycles. The molecule has 0 saturated heterocycles. The van der Waals surface area contributed by atoms with Crippen LogP contribution in [0.5, 0.6) is 0 Å². The van der Waals surface area contributed by atoms with Gasteiger partial charge in [-0.15, -0.1) is 22.7 Å². The summed E-state index contributed by atoms with van der Waals surface area (Å²) in [6, 6.07) is 16.0. The van der Waals surface area contributed by atoms with Crippen molar-refractivity contribution in [3.63, 3.8) is 0 Å². The van der Waals surface area contributed by atoms with Crippen molar-refractivity contribution < 1.29 is 0 Å². The molecule has 0 atom stereocenters. The molecule has 126 valence electrons. The van der Waals surface area contributed by atoms with Crippen LogP contribution in [0.25, 0.3) is 44.2 Å². The van der Waals surface area contributed by atoms with Gasteiger partial charge in [0.1, 0.15) is 0 Å². The standard InChI is InChI=1S/C18H12N6S2/c1-4-11(15-19-17(23-21-15)13-6-2-8-25-13)10-12(5-1)16-20-18(24-22-16)14-7-3-9-26-14/h1-10H,(H,19,21,23)(H,20,22,24). The second-order valence-electron chi connectivity index (χ2n) is 5.55. The van der Waals surface area contributed by atoms with Gasteiger partial charge in [-0.1, -0.05) is 30.3 Å². The molecule has 0 aliphatic rings. The Kier molecular flexibility index (Phi) is 3.69. The van der Waals surface area contributed by atoms with E-state index in [0.29, 0.717) is 11.6 Å². The number of thiophene rings is 2. The molecular weight excluding hydrogens is 364 g/mol. The third-order valence-electron chi connectivity index (χ3n) is 3.86. The van der Waals surface area contributed by atoms with Crippen LogP contribution in [0.1, 0.15) is 0 Å². The van der Waals surface area contributed by atoms with E-state index in [1.54, 1.807) is 22.7 Å². The van der Waals surface area contributed by atoms with Crippen molar-refractivity contribution in [3.05, 3.63) is 59.3 Å². The fourth-order valence-electron chi connectivity index (χ4n) is 2.63. The van der Waals surface area contributed by atoms with Crippen molar-refractivity contribution in [1.29, 1.82) is 0 Å². The maximum Gasteiger partial charge on any atom is 0.181 e. The minimum Gasteiger partial charge on any atom is -0.258 e. The second-order valence-corrected chi connectivity index (χ2v) is 7.45. The van der Waals surface area contributed by atoms with Gasteiger partial charge in [-0.2, -0.15) is 10.2 Å². The highest BCUT2D eigenvalue weighted by atomic mass is 32.1. The van der Waals surface area contributed by atoms with Gasteiger partial charge in [0.25, 0.3) is 0 Å². The van der Waals surface area contributed by atoms with Crippen LogP contribution in [0.15, 0.2) is 59.3 Å². The first-order valence-electron chi connectivity index (χ1n) is 7.90. The van der Waals surface area contributed by atoms with E-state index in [9.17, 15) is 0 Å². The third kappa shape index (κ3) is 2.75. The zero-order chi connectivity index (χ0) is 17.3. The zero-order valence-corrected chi connectivity index (χ0v) is 15.0. The van der Waals surface area contributed by atoms with Crippen LogP contribution in [0, 0.1) is 0 Å². The van der Waals surface area contributed by atoms with Crippen LogP contribution in [0.4, 0.5) is 0 Å². The number of benzene rings is 1. The van der Waals surface area contributed by atoms with Crippen molar-refractivity contribution in [2.75, 3.05) is 0 Å². The van der Waals surface area contributed by atoms with E-state index in [4.69, 9.17) is 0 Å². The first-order valence-corrected chi connectivity index (χ1v) is 9.66. The Morgan fingerprint density at radius 1 is 0.654 bits per heavy atom. The summed E-state index contributed by atoms with van der Waals surface area (Å²) in [6.45, 7) is 0. The Morgan fingerprint density at radius 3 is 1.65 bits per heavy atom. The number of hydrogen-bond acceptors (Lipinski definition) is 6. The van der Waals surface area contributed by atoms with Crippen LogP contribution < -0.4 is 0 Å². The third-order valence-corrected chi connectivity index (χ3v) is 5.61. The molecule has 5 rings (SSSR count). The maximum absolute atomic E-state index is 4.60. The van der Waals surface area contributed by atoms with Gasteiger partial charge in [0.2, 0.25) is 0 Å². The lowest BCUT2D eigenvalue weighted by atomic mass is 10.1. The minimum absolute atomic E-state index is 0.657. The second kappa shape index (κ2) is 6.32. The molecule has 0 fully saturated rings. The number of hydrogen-bond donors (Lipinski definition) is 2. The number of nitrogens with zero attached hydrogens (tertiary/aromatic N) is 4. The molecule has 0 saturated carbocycles. The molecule has 0 unspecified atom stereocenters. The number of rotatable bonds is 4. The van der Waals surface area contributed by atoms with E-state index in [1.807, 2.05) is 59.3 Å². The number of aromatic amines is 2. The number of aromatic nitrogens is 6. The van der Waals surface area contributed by atoms with Gasteiger partial charge in [-0.05, 0) is 29.0 Å². The van der Waals surface area contributed by atoms with Crippen molar-refractivity contribution in [3.8, 4) is 44.2 Å². The molecule has 4 aromatic heterocycles. The van der Waals surface area contributed by atoms with E-state index in [1.165, 1.54) is 0 Å². The van der Waals surface area contributed by atoms with Gasteiger partial charge in [0.15, 0.2) is 23.3 Å². The molecule has 6 nitrogen and oxygen atoms in total. The summed E-state index contributed by atoms with van der Waals surface area (Å²) in [5.41, 5.74) is 1.84. The molecule has 2 N–H and O–H groups in total. The topological polar surface area (TPSA) is 83.1 Å². The molecule has 4 heterocycles. The summed E-state index contributed by atoms with van der Waals surface area (Å²) in [4.78, 5) is 11.3. The Hall–Kier alpha value is -3.10. The Bertz CT molecular complexity index is 1050. The molecule has 8 heteroatoms. The lowest BCUT2D eigenvalue weighted by Crippen LogP contribution is -1.85. The first-order chi connectivity index (χ1) is 12.9. The average Bonchev–Trinajstić information content (AvgIpc) is 3.49. The predicted molar refractivity (Wildman–Crippen MR) is 104 cm³/mol. The highest BCUT2D eigenvalue weighted by molar-refractivity contribution is 7.13. The van der Waals surface area contributed by atoms with Crippen LogP contribution in [-0.2, 0) is 0 Å². The molecule has 0 amide bonds. The largest absolute Gasteiger partial charge is 0.258 e. The van der Waals surface area contributed by atoms with Crippen molar-refractivity contribution in [1.82, 2.24) is 30.4 Å². The average molecular weight is 376 g/mol. The summed E-state index contributed by atoms with van der Waals surface area (Å²) in [6.07, 6.45) is 0. The van der Waals surface area contributed by atoms with Crippen molar-refractivity contribution in [2.24, 2.45) is 0 Å². The Labute approximate surface area is 156 Å². The van der Waals surface area contributed by atoms with Crippen LogP contribution in [0.2, 0.25) is 0 Å². The molecule has 26 heavy (non-hydrogen) atoms. The molecule has 5 aromatic rings. The fourth-order valence-corrected chi connectivity index (χ4v) is 3.95. The van der Waals surface area contributed by atoms with Gasteiger partial charge in [0.05, 0.1) is 9.75 Å². The van der Waals surface area contributed by atoms with Crippen LogP contribution in [-0.4, -0.2) is 30.4 Å². The smallest absolute Gasteiger partial charge is 0.181 e. The van der Waals surface area contributed by atoms with E-state index in [0.717, 1.165) is 32.5 Å². The summed E-state index contributed by atoms with van der Waals surface area (Å²) < 4.78 is 0. The van der Waals surface area contributed by atoms with Gasteiger partial charge >= 0.3 is 0 Å². The summed E-state index contributed by atoms with van der Waals surface area (Å²) in [7, 11) is 0. The van der Waals surface area contributed by atoms with Gasteiger partial charge in [-0.3, -0.25) is 10.2 Å². The molecule has 1 aromatic carbocycles. The summed E-state index contributed by atoms with van der Waals surface area (Å²) >= 11 is 3.26. The zero-order valence-electron chi connectivity index (χ0n) is 13.4. The quantitative estimate of drug-likeness (QED) is 0.476. The molecular formula is C18H12N6S2. The molecule has 0 bridgehead atoms. The summed E-state index contributed by atoms with van der Waals surface area (Å²) in [5, 5.41) is 18.7. The lowest BCUT2D eigenvalue weighted by Gasteiger charge is -1.98. The summed E-state index contributed by atoms with van der Waals surface area (Å²) in [5.74, 6) is 2.87. The number of H-pyrrole nitrogens is 2. The van der Waals surface area contributed by atoms with Gasteiger partial charge in [0, 0.05) is 11.1 Å². The van der Waals surface area contributed by atoms with E-state index in [-0.39, 0.29) is 0 Å². The Balaban J connectivity index is 1.48. The maximum atomic E-state index is 4.60. The first kappa shape index (κ1) is 15.2. The minimum atomic E-state index is 0.657. The predicted octanol–water partition coefficient (Wildman–Crippen LogP) is 4.71. The normalized spacial score (nSPS) is 11.1. The molecule has 0 spiro atoms. The number of nitrogens with one attached hydrogen (secondary N) is 2. The van der Waals surface area contributed by atoms with E-state index in [2.05, 4.69) is 30.4 Å². The fraction of sp³-hybridized carbons (Fsp3) is 0. The van der Waals surface area contributed by atoms with Crippen molar-refractivity contribution >= 4 is 22.7 Å². The van der Waals surface area contributed by atoms with Gasteiger partial charge in [-0.25, -0.2) is 9.97 Å². The monoisotopic (exact) mass is 376 g/mol. The molecule has 0 radical (unpaired) electrons. The van der Waals surface area contributed by atoms with Crippen LogP contribution in [0.3, 0.4) is 0 Å². The van der Waals surface area contributed by atoms with Crippen LogP contribution >= 0.6 is 22.7 Å². The highest BCUT2D eigenvalue weighted by Crippen LogP contribution is 2.27. The Morgan fingerprint density at radius 2 is 1.19 bits per heavy atom. The molecule has 0 aliphatic heterocycles. The van der Waals surface area contributed by atoms with E-state index < -0.39 is 0 Å².